The third-order valence-electron chi connectivity index (χ3n) is 1.92. The number of carbonyl (C=O) groups excluding carboxylic acids is 1. The molecule has 1 heterocycles. The predicted molar refractivity (Wildman–Crippen MR) is 66.2 cm³/mol. The average molecular weight is 278 g/mol. The molecule has 0 spiro atoms. The number of anilines is 1. The largest absolute Gasteiger partial charge is 0.356 e. The molecule has 0 saturated heterocycles. The van der Waals surface area contributed by atoms with Crippen molar-refractivity contribution in [2.45, 2.75) is 26.3 Å². The number of nitrogens with zero attached hydrogens (tertiary/aromatic N) is 3. The summed E-state index contributed by atoms with van der Waals surface area (Å²) in [7, 11) is 0. The van der Waals surface area contributed by atoms with Crippen LogP contribution < -0.4 is 10.6 Å². The number of carbonyl (C=O) groups is 1. The zero-order valence-electron chi connectivity index (χ0n) is 9.50. The summed E-state index contributed by atoms with van der Waals surface area (Å²) in [4.78, 5) is 15.4. The predicted octanol–water partition coefficient (Wildman–Crippen LogP) is 1.50. The van der Waals surface area contributed by atoms with Gasteiger partial charge in [-0.05, 0) is 24.9 Å². The fourth-order valence-electron chi connectivity index (χ4n) is 1.06. The van der Waals surface area contributed by atoms with Gasteiger partial charge in [-0.2, -0.15) is 4.98 Å². The number of aromatic nitrogens is 3. The molecule has 0 aromatic carbocycles. The first-order valence-corrected chi connectivity index (χ1v) is 5.90. The van der Waals surface area contributed by atoms with Gasteiger partial charge in [0.15, 0.2) is 11.0 Å². The second-order valence-corrected chi connectivity index (χ2v) is 4.07. The Bertz CT molecular complexity index is 401. The van der Waals surface area contributed by atoms with Crippen LogP contribution in [0.4, 0.5) is 5.82 Å². The smallest absolute Gasteiger partial charge is 0.245 e. The van der Waals surface area contributed by atoms with E-state index in [0.29, 0.717) is 6.54 Å². The lowest BCUT2D eigenvalue weighted by Crippen LogP contribution is -2.38. The third kappa shape index (κ3) is 4.32. The van der Waals surface area contributed by atoms with Crippen LogP contribution in [-0.2, 0) is 4.79 Å². The van der Waals surface area contributed by atoms with E-state index in [9.17, 15) is 4.79 Å². The Morgan fingerprint density at radius 1 is 1.41 bits per heavy atom. The normalized spacial score (nSPS) is 12.0. The van der Waals surface area contributed by atoms with Gasteiger partial charge in [0.05, 0.1) is 0 Å². The van der Waals surface area contributed by atoms with Crippen LogP contribution in [0.15, 0.2) is 0 Å². The van der Waals surface area contributed by atoms with Crippen molar-refractivity contribution in [2.24, 2.45) is 0 Å². The van der Waals surface area contributed by atoms with E-state index < -0.39 is 6.04 Å². The lowest BCUT2D eigenvalue weighted by atomic mass is 10.3. The minimum absolute atomic E-state index is 0.0296. The highest BCUT2D eigenvalue weighted by atomic mass is 35.5. The van der Waals surface area contributed by atoms with Crippen LogP contribution in [0.1, 0.15) is 20.3 Å². The Hall–Kier alpha value is -1.14. The van der Waals surface area contributed by atoms with E-state index in [1.807, 2.05) is 6.92 Å². The minimum atomic E-state index is -0.480. The molecule has 1 rings (SSSR count). The fourth-order valence-corrected chi connectivity index (χ4v) is 1.31. The van der Waals surface area contributed by atoms with Crippen molar-refractivity contribution in [2.75, 3.05) is 11.9 Å². The molecule has 1 amide bonds. The van der Waals surface area contributed by atoms with Gasteiger partial charge in [0.2, 0.25) is 11.2 Å². The Morgan fingerprint density at radius 2 is 2.12 bits per heavy atom. The van der Waals surface area contributed by atoms with Crippen LogP contribution >= 0.6 is 23.2 Å². The topological polar surface area (TPSA) is 79.8 Å². The van der Waals surface area contributed by atoms with Gasteiger partial charge >= 0.3 is 0 Å². The molecule has 0 bridgehead atoms. The molecule has 1 unspecified atom stereocenters. The highest BCUT2D eigenvalue weighted by Crippen LogP contribution is 2.17. The number of nitrogens with one attached hydrogen (secondary N) is 2. The van der Waals surface area contributed by atoms with Crippen molar-refractivity contribution in [3.63, 3.8) is 0 Å². The van der Waals surface area contributed by atoms with Crippen molar-refractivity contribution < 1.29 is 4.79 Å². The summed E-state index contributed by atoms with van der Waals surface area (Å²) >= 11 is 11.3. The van der Waals surface area contributed by atoms with Crippen molar-refractivity contribution in [3.05, 3.63) is 10.4 Å². The maximum Gasteiger partial charge on any atom is 0.245 e. The summed E-state index contributed by atoms with van der Waals surface area (Å²) in [5.41, 5.74) is 0. The van der Waals surface area contributed by atoms with E-state index in [2.05, 4.69) is 25.8 Å². The zero-order valence-corrected chi connectivity index (χ0v) is 11.0. The molecule has 1 aromatic heterocycles. The van der Waals surface area contributed by atoms with Crippen molar-refractivity contribution in [1.82, 2.24) is 20.5 Å². The summed E-state index contributed by atoms with van der Waals surface area (Å²) in [6, 6.07) is -0.480. The maximum absolute atomic E-state index is 11.6. The highest BCUT2D eigenvalue weighted by molar-refractivity contribution is 6.32. The van der Waals surface area contributed by atoms with Crippen LogP contribution in [0.25, 0.3) is 0 Å². The van der Waals surface area contributed by atoms with Crippen LogP contribution in [0, 0.1) is 0 Å². The molecule has 0 fully saturated rings. The lowest BCUT2D eigenvalue weighted by molar-refractivity contribution is -0.121. The first kappa shape index (κ1) is 13.9. The molecule has 0 aliphatic heterocycles. The minimum Gasteiger partial charge on any atom is -0.356 e. The standard InChI is InChI=1S/C9H13Cl2N5O/c1-3-4-12-8(17)5(2)13-7-6(10)15-16-9(11)14-7/h5H,3-4H2,1-2H3,(H,12,17)(H,13,14,16). The lowest BCUT2D eigenvalue weighted by Gasteiger charge is -2.14. The summed E-state index contributed by atoms with van der Waals surface area (Å²) < 4.78 is 0. The summed E-state index contributed by atoms with van der Waals surface area (Å²) in [6.45, 7) is 4.29. The molecule has 2 N–H and O–H groups in total. The molecular weight excluding hydrogens is 265 g/mol. The van der Waals surface area contributed by atoms with Crippen LogP contribution in [0.3, 0.4) is 0 Å². The van der Waals surface area contributed by atoms with Gasteiger partial charge in [0, 0.05) is 6.54 Å². The van der Waals surface area contributed by atoms with E-state index >= 15 is 0 Å². The zero-order chi connectivity index (χ0) is 12.8. The molecule has 8 heteroatoms. The van der Waals surface area contributed by atoms with E-state index in [0.717, 1.165) is 6.42 Å². The monoisotopic (exact) mass is 277 g/mol. The van der Waals surface area contributed by atoms with Crippen LogP contribution in [-0.4, -0.2) is 33.7 Å². The van der Waals surface area contributed by atoms with Gasteiger partial charge in [-0.3, -0.25) is 4.79 Å². The molecular formula is C9H13Cl2N5O. The number of hydrogen-bond donors (Lipinski definition) is 2. The van der Waals surface area contributed by atoms with Gasteiger partial charge in [-0.25, -0.2) is 0 Å². The second-order valence-electron chi connectivity index (χ2n) is 3.38. The van der Waals surface area contributed by atoms with Gasteiger partial charge in [0.1, 0.15) is 6.04 Å². The molecule has 1 aromatic rings. The molecule has 0 aliphatic rings. The molecule has 6 nitrogen and oxygen atoms in total. The van der Waals surface area contributed by atoms with Gasteiger partial charge < -0.3 is 10.6 Å². The quantitative estimate of drug-likeness (QED) is 0.853. The third-order valence-corrected chi connectivity index (χ3v) is 2.33. The van der Waals surface area contributed by atoms with E-state index in [4.69, 9.17) is 23.2 Å². The molecule has 0 radical (unpaired) electrons. The number of hydrogen-bond acceptors (Lipinski definition) is 5. The average Bonchev–Trinajstić information content (AvgIpc) is 2.30. The van der Waals surface area contributed by atoms with E-state index in [1.54, 1.807) is 6.92 Å². The van der Waals surface area contributed by atoms with Crippen LogP contribution in [0.5, 0.6) is 0 Å². The Kier molecular flexibility index (Phi) is 5.37. The number of halogens is 2. The summed E-state index contributed by atoms with van der Waals surface area (Å²) in [5, 5.41) is 12.7. The van der Waals surface area contributed by atoms with Crippen molar-refractivity contribution in [3.8, 4) is 0 Å². The first-order chi connectivity index (χ1) is 8.04. The Balaban J connectivity index is 2.64. The molecule has 94 valence electrons. The first-order valence-electron chi connectivity index (χ1n) is 5.14. The van der Waals surface area contributed by atoms with Crippen LogP contribution in [0.2, 0.25) is 10.4 Å². The molecule has 17 heavy (non-hydrogen) atoms. The molecule has 1 atom stereocenters. The van der Waals surface area contributed by atoms with Crippen molar-refractivity contribution in [1.29, 1.82) is 0 Å². The van der Waals surface area contributed by atoms with Gasteiger partial charge in [-0.1, -0.05) is 18.5 Å². The van der Waals surface area contributed by atoms with Gasteiger partial charge in [0.25, 0.3) is 0 Å². The summed E-state index contributed by atoms with van der Waals surface area (Å²) in [6.07, 6.45) is 0.875. The summed E-state index contributed by atoms with van der Waals surface area (Å²) in [5.74, 6) is 0.100. The maximum atomic E-state index is 11.6. The number of rotatable bonds is 5. The number of amides is 1. The highest BCUT2D eigenvalue weighted by Gasteiger charge is 2.15. The Morgan fingerprint density at radius 3 is 2.76 bits per heavy atom. The Labute approximate surface area is 109 Å². The fraction of sp³-hybridized carbons (Fsp3) is 0.556. The van der Waals surface area contributed by atoms with Crippen molar-refractivity contribution >= 4 is 34.9 Å². The van der Waals surface area contributed by atoms with E-state index in [1.165, 1.54) is 0 Å². The van der Waals surface area contributed by atoms with Gasteiger partial charge in [-0.15, -0.1) is 10.2 Å². The molecule has 0 saturated carbocycles. The SMILES string of the molecule is CCCNC(=O)C(C)Nc1nc(Cl)nnc1Cl. The second kappa shape index (κ2) is 6.56. The molecule has 0 aliphatic carbocycles. The van der Waals surface area contributed by atoms with E-state index in [-0.39, 0.29) is 22.2 Å².